The van der Waals surface area contributed by atoms with Gasteiger partial charge in [-0.3, -0.25) is 9.78 Å². The van der Waals surface area contributed by atoms with Crippen LogP contribution < -0.4 is 10.1 Å². The molecule has 216 valence electrons. The number of anilines is 2. The van der Waals surface area contributed by atoms with Crippen LogP contribution in [-0.4, -0.2) is 64.4 Å². The number of piperidine rings is 1. The third-order valence-electron chi connectivity index (χ3n) is 7.35. The molecule has 0 radical (unpaired) electrons. The molecule has 4 aromatic heterocycles. The molecule has 1 aromatic carbocycles. The van der Waals surface area contributed by atoms with Crippen molar-refractivity contribution in [2.45, 2.75) is 35.0 Å². The van der Waals surface area contributed by atoms with Gasteiger partial charge in [0.25, 0.3) is 0 Å². The summed E-state index contributed by atoms with van der Waals surface area (Å²) in [7, 11) is 3.85. The van der Waals surface area contributed by atoms with E-state index < -0.39 is 0 Å². The van der Waals surface area contributed by atoms with E-state index in [-0.39, 0.29) is 11.3 Å². The number of nitrogens with one attached hydrogen (secondary N) is 1. The lowest BCUT2D eigenvalue weighted by Crippen LogP contribution is -2.46. The van der Waals surface area contributed by atoms with Crippen molar-refractivity contribution in [1.29, 1.82) is 0 Å². The van der Waals surface area contributed by atoms with Gasteiger partial charge in [0.05, 0.1) is 22.5 Å². The standard InChI is InChI=1S/C31H32N6O2S3/c1-31(11-14-37(15-12-31)27(38)19-36(2)3)26-20-41-30(34-26)35-29-24(39-21-7-5-4-6-8-21)17-22(18-33-29)42-25-9-13-32-23-10-16-40-28(23)25/h4-10,13,16-18,20H,11-12,14-15,19H2,1-3H3,(H,33,34,35). The SMILES string of the molecule is CN(C)CC(=O)N1CCC(C)(c2csc(Nc3ncc(Sc4ccnc5ccsc45)cc3Oc3ccccc3)n2)CC1. The van der Waals surface area contributed by atoms with E-state index in [9.17, 15) is 4.79 Å². The number of nitrogens with zero attached hydrogens (tertiary/aromatic N) is 5. The first-order valence-electron chi connectivity index (χ1n) is 13.7. The Morgan fingerprint density at radius 1 is 1.12 bits per heavy atom. The van der Waals surface area contributed by atoms with Crippen molar-refractivity contribution in [2.24, 2.45) is 0 Å². The molecule has 0 bridgehead atoms. The quantitative estimate of drug-likeness (QED) is 0.185. The number of carbonyl (C=O) groups excluding carboxylic acids is 1. The molecule has 0 aliphatic carbocycles. The molecule has 42 heavy (non-hydrogen) atoms. The van der Waals surface area contributed by atoms with Crippen LogP contribution in [0.2, 0.25) is 0 Å². The van der Waals surface area contributed by atoms with Crippen LogP contribution >= 0.6 is 34.4 Å². The fourth-order valence-electron chi connectivity index (χ4n) is 4.91. The lowest BCUT2D eigenvalue weighted by atomic mass is 9.78. The molecule has 1 aliphatic heterocycles. The number of likely N-dealkylation sites (N-methyl/N-ethyl adjacent to an activating group) is 1. The summed E-state index contributed by atoms with van der Waals surface area (Å²) < 4.78 is 7.48. The maximum atomic E-state index is 12.5. The van der Waals surface area contributed by atoms with E-state index in [4.69, 9.17) is 14.7 Å². The number of thiophene rings is 1. The second kappa shape index (κ2) is 12.4. The molecule has 11 heteroatoms. The Morgan fingerprint density at radius 2 is 1.93 bits per heavy atom. The Hall–Kier alpha value is -3.51. The predicted molar refractivity (Wildman–Crippen MR) is 172 cm³/mol. The molecular formula is C31H32N6O2S3. The first-order valence-corrected chi connectivity index (χ1v) is 16.3. The predicted octanol–water partition coefficient (Wildman–Crippen LogP) is 7.28. The maximum Gasteiger partial charge on any atom is 0.236 e. The molecule has 8 nitrogen and oxygen atoms in total. The molecule has 0 saturated carbocycles. The summed E-state index contributed by atoms with van der Waals surface area (Å²) >= 11 is 4.89. The number of rotatable bonds is 9. The van der Waals surface area contributed by atoms with Crippen LogP contribution in [0.5, 0.6) is 11.5 Å². The lowest BCUT2D eigenvalue weighted by molar-refractivity contribution is -0.133. The van der Waals surface area contributed by atoms with Gasteiger partial charge in [-0.2, -0.15) is 0 Å². The number of para-hydroxylation sites is 1. The number of pyridine rings is 2. The number of fused-ring (bicyclic) bond motifs is 1. The third kappa shape index (κ3) is 6.44. The summed E-state index contributed by atoms with van der Waals surface area (Å²) in [6, 6.07) is 15.8. The number of aromatic nitrogens is 3. The summed E-state index contributed by atoms with van der Waals surface area (Å²) in [4.78, 5) is 32.7. The monoisotopic (exact) mass is 616 g/mol. The van der Waals surface area contributed by atoms with Crippen molar-refractivity contribution >= 4 is 61.5 Å². The molecule has 1 amide bonds. The van der Waals surface area contributed by atoms with E-state index in [1.807, 2.05) is 84.8 Å². The molecule has 0 spiro atoms. The number of ether oxygens (including phenoxy) is 1. The molecule has 0 unspecified atom stereocenters. The fourth-order valence-corrected chi connectivity index (χ4v) is 7.66. The summed E-state index contributed by atoms with van der Waals surface area (Å²) in [6.45, 7) is 4.18. The summed E-state index contributed by atoms with van der Waals surface area (Å²) in [5.74, 6) is 2.15. The van der Waals surface area contributed by atoms with Crippen LogP contribution in [0.3, 0.4) is 0 Å². The fraction of sp³-hybridized carbons (Fsp3) is 0.290. The minimum atomic E-state index is -0.0830. The van der Waals surface area contributed by atoms with Crippen molar-refractivity contribution in [1.82, 2.24) is 24.8 Å². The van der Waals surface area contributed by atoms with Gasteiger partial charge in [0.2, 0.25) is 5.91 Å². The maximum absolute atomic E-state index is 12.5. The van der Waals surface area contributed by atoms with E-state index in [2.05, 4.69) is 28.0 Å². The van der Waals surface area contributed by atoms with Gasteiger partial charge in [-0.05, 0) is 56.6 Å². The van der Waals surface area contributed by atoms with Crippen LogP contribution in [-0.2, 0) is 10.2 Å². The van der Waals surface area contributed by atoms with E-state index in [1.54, 1.807) is 34.4 Å². The van der Waals surface area contributed by atoms with Crippen molar-refractivity contribution in [3.8, 4) is 11.5 Å². The lowest BCUT2D eigenvalue weighted by Gasteiger charge is -2.38. The van der Waals surface area contributed by atoms with Crippen LogP contribution in [0.4, 0.5) is 10.9 Å². The zero-order valence-electron chi connectivity index (χ0n) is 23.7. The summed E-state index contributed by atoms with van der Waals surface area (Å²) in [5, 5.41) is 8.37. The van der Waals surface area contributed by atoms with Crippen LogP contribution in [0, 0.1) is 0 Å². The van der Waals surface area contributed by atoms with Gasteiger partial charge in [-0.25, -0.2) is 9.97 Å². The molecule has 1 saturated heterocycles. The van der Waals surface area contributed by atoms with Gasteiger partial charge < -0.3 is 19.9 Å². The van der Waals surface area contributed by atoms with E-state index >= 15 is 0 Å². The highest BCUT2D eigenvalue weighted by molar-refractivity contribution is 7.99. The normalized spacial score (nSPS) is 14.8. The second-order valence-electron chi connectivity index (χ2n) is 10.8. The molecule has 5 aromatic rings. The number of amides is 1. The Balaban J connectivity index is 1.21. The number of likely N-dealkylation sites (tertiary alicyclic amines) is 1. The Labute approximate surface area is 257 Å². The first-order chi connectivity index (χ1) is 20.4. The van der Waals surface area contributed by atoms with E-state index in [0.717, 1.165) is 62.5 Å². The first kappa shape index (κ1) is 28.6. The van der Waals surface area contributed by atoms with Crippen molar-refractivity contribution in [2.75, 3.05) is 39.0 Å². The van der Waals surface area contributed by atoms with Crippen LogP contribution in [0.15, 0.2) is 81.5 Å². The van der Waals surface area contributed by atoms with Crippen molar-refractivity contribution < 1.29 is 9.53 Å². The smallest absolute Gasteiger partial charge is 0.236 e. The second-order valence-corrected chi connectivity index (χ2v) is 13.7. The number of hydrogen-bond acceptors (Lipinski definition) is 10. The Bertz CT molecular complexity index is 1680. The molecule has 6 rings (SSSR count). The highest BCUT2D eigenvalue weighted by atomic mass is 32.2. The van der Waals surface area contributed by atoms with Crippen LogP contribution in [0.25, 0.3) is 10.2 Å². The average molecular weight is 617 g/mol. The number of hydrogen-bond donors (Lipinski definition) is 1. The molecular weight excluding hydrogens is 585 g/mol. The van der Waals surface area contributed by atoms with Gasteiger partial charge in [-0.15, -0.1) is 22.7 Å². The zero-order valence-corrected chi connectivity index (χ0v) is 26.2. The molecule has 1 fully saturated rings. The van der Waals surface area contributed by atoms with Gasteiger partial charge in [-0.1, -0.05) is 36.9 Å². The number of thiazole rings is 1. The zero-order chi connectivity index (χ0) is 29.1. The molecule has 1 aliphatic rings. The van der Waals surface area contributed by atoms with Gasteiger partial charge in [0.15, 0.2) is 16.7 Å². The Morgan fingerprint density at radius 3 is 2.71 bits per heavy atom. The highest BCUT2D eigenvalue weighted by Gasteiger charge is 2.35. The minimum Gasteiger partial charge on any atom is -0.453 e. The van der Waals surface area contributed by atoms with Gasteiger partial charge >= 0.3 is 0 Å². The van der Waals surface area contributed by atoms with E-state index in [0.29, 0.717) is 18.1 Å². The van der Waals surface area contributed by atoms with Gasteiger partial charge in [0.1, 0.15) is 5.75 Å². The minimum absolute atomic E-state index is 0.0830. The highest BCUT2D eigenvalue weighted by Crippen LogP contribution is 2.41. The molecule has 0 atom stereocenters. The summed E-state index contributed by atoms with van der Waals surface area (Å²) in [6.07, 6.45) is 5.47. The van der Waals surface area contributed by atoms with E-state index in [1.165, 1.54) is 0 Å². The van der Waals surface area contributed by atoms with Gasteiger partial charge in [0, 0.05) is 52.1 Å². The average Bonchev–Trinajstić information content (AvgIpc) is 3.66. The molecule has 1 N–H and O–H groups in total. The number of carbonyl (C=O) groups is 1. The van der Waals surface area contributed by atoms with Crippen molar-refractivity contribution in [3.05, 3.63) is 77.4 Å². The molecule has 5 heterocycles. The largest absolute Gasteiger partial charge is 0.453 e. The topological polar surface area (TPSA) is 83.5 Å². The summed E-state index contributed by atoms with van der Waals surface area (Å²) in [5.41, 5.74) is 1.96. The number of benzene rings is 1. The Kier molecular flexibility index (Phi) is 8.43. The van der Waals surface area contributed by atoms with Crippen molar-refractivity contribution in [3.63, 3.8) is 0 Å². The third-order valence-corrected chi connectivity index (χ3v) is 10.2. The van der Waals surface area contributed by atoms with Crippen LogP contribution in [0.1, 0.15) is 25.5 Å².